The summed E-state index contributed by atoms with van der Waals surface area (Å²) in [5.41, 5.74) is 0. The zero-order valence-corrected chi connectivity index (χ0v) is 12.8. The summed E-state index contributed by atoms with van der Waals surface area (Å²) < 4.78 is 5.06. The number of carbonyl (C=O) groups excluding carboxylic acids is 2. The molecule has 0 aromatic rings. The number of aliphatic hydroxyl groups excluding tert-OH is 2. The molecule has 7 heteroatoms. The van der Waals surface area contributed by atoms with E-state index >= 15 is 0 Å². The molecule has 114 valence electrons. The van der Waals surface area contributed by atoms with Crippen molar-refractivity contribution in [2.24, 2.45) is 0 Å². The molecule has 0 amide bonds. The molecule has 0 aliphatic carbocycles. The van der Waals surface area contributed by atoms with E-state index in [2.05, 4.69) is 0 Å². The Labute approximate surface area is 120 Å². The Morgan fingerprint density at radius 1 is 1.16 bits per heavy atom. The summed E-state index contributed by atoms with van der Waals surface area (Å²) in [4.78, 5) is 21.5. The molecule has 2 N–H and O–H groups in total. The average Bonchev–Trinajstić information content (AvgIpc) is 2.23. The lowest BCUT2D eigenvalue weighted by molar-refractivity contribution is -0.230. The number of carbonyl (C=O) groups is 2. The van der Waals surface area contributed by atoms with Crippen LogP contribution in [0.5, 0.6) is 0 Å². The van der Waals surface area contributed by atoms with E-state index in [1.54, 1.807) is 0 Å². The fourth-order valence-electron chi connectivity index (χ4n) is 1.56. The first-order valence-corrected chi connectivity index (χ1v) is 5.86. The van der Waals surface area contributed by atoms with Crippen molar-refractivity contribution in [3.63, 3.8) is 0 Å². The van der Waals surface area contributed by atoms with Gasteiger partial charge in [0.15, 0.2) is 17.9 Å². The molecule has 19 heavy (non-hydrogen) atoms. The predicted octanol–water partition coefficient (Wildman–Crippen LogP) is -0.00910. The summed E-state index contributed by atoms with van der Waals surface area (Å²) in [6.45, 7) is 4.40. The van der Waals surface area contributed by atoms with Crippen molar-refractivity contribution in [3.8, 4) is 0 Å². The second kappa shape index (κ2) is 9.39. The van der Waals surface area contributed by atoms with E-state index in [1.807, 2.05) is 25.9 Å². The zero-order chi connectivity index (χ0) is 14.5. The first kappa shape index (κ1) is 20.8. The number of ketones is 2. The van der Waals surface area contributed by atoms with Crippen molar-refractivity contribution >= 4 is 24.0 Å². The van der Waals surface area contributed by atoms with Gasteiger partial charge in [0.2, 0.25) is 0 Å². The van der Waals surface area contributed by atoms with Crippen molar-refractivity contribution < 1.29 is 24.5 Å². The molecule has 1 saturated heterocycles. The van der Waals surface area contributed by atoms with E-state index < -0.39 is 12.4 Å². The maximum Gasteiger partial charge on any atom is 0.195 e. The van der Waals surface area contributed by atoms with Crippen LogP contribution in [0.1, 0.15) is 27.2 Å². The smallest absolute Gasteiger partial charge is 0.195 e. The number of halogens is 1. The monoisotopic (exact) mass is 297 g/mol. The van der Waals surface area contributed by atoms with Gasteiger partial charge in [0.25, 0.3) is 0 Å². The van der Waals surface area contributed by atoms with Gasteiger partial charge >= 0.3 is 0 Å². The zero-order valence-electron chi connectivity index (χ0n) is 12.0. The molecule has 0 saturated carbocycles. The van der Waals surface area contributed by atoms with Crippen LogP contribution in [0, 0.1) is 0 Å². The molecule has 1 aliphatic heterocycles. The SMILES string of the molecule is CC(=O)C(C)=O.C[C@@H]1C[C@H](N(C)C)[C@@H](O)[C@H](O)O1.Cl. The largest absolute Gasteiger partial charge is 0.386 e. The lowest BCUT2D eigenvalue weighted by Gasteiger charge is -2.38. The van der Waals surface area contributed by atoms with E-state index in [1.165, 1.54) is 13.8 Å². The van der Waals surface area contributed by atoms with Crippen LogP contribution in [-0.2, 0) is 14.3 Å². The number of hydrogen-bond acceptors (Lipinski definition) is 6. The first-order chi connectivity index (χ1) is 8.16. The summed E-state index contributed by atoms with van der Waals surface area (Å²) >= 11 is 0. The van der Waals surface area contributed by atoms with Gasteiger partial charge in [-0.1, -0.05) is 0 Å². The summed E-state index contributed by atoms with van der Waals surface area (Å²) in [7, 11) is 3.78. The molecule has 1 heterocycles. The van der Waals surface area contributed by atoms with Gasteiger partial charge in [0.05, 0.1) is 6.10 Å². The number of ether oxygens (including phenoxy) is 1. The normalized spacial score (nSPS) is 29.9. The minimum Gasteiger partial charge on any atom is -0.386 e. The number of nitrogens with zero attached hydrogens (tertiary/aromatic N) is 1. The van der Waals surface area contributed by atoms with Crippen LogP contribution in [0.3, 0.4) is 0 Å². The van der Waals surface area contributed by atoms with Gasteiger partial charge in [0.1, 0.15) is 6.10 Å². The summed E-state index contributed by atoms with van der Waals surface area (Å²) in [5, 5.41) is 18.8. The summed E-state index contributed by atoms with van der Waals surface area (Å²) in [5.74, 6) is -0.759. The Kier molecular flexibility index (Phi) is 10.3. The minimum atomic E-state index is -1.04. The van der Waals surface area contributed by atoms with Crippen molar-refractivity contribution in [1.29, 1.82) is 0 Å². The molecule has 0 radical (unpaired) electrons. The standard InChI is InChI=1S/C8H17NO3.C4H6O2.ClH/c1-5-4-6(9(2)3)7(10)8(11)12-5;1-3(5)4(2)6;/h5-8,10-11H,4H2,1-3H3;1-2H3;1H/t5-,6+,7-,8-;;/m1../s1. The Hall–Kier alpha value is -0.530. The fraction of sp³-hybridized carbons (Fsp3) is 0.833. The molecule has 4 atom stereocenters. The molecule has 0 aromatic carbocycles. The highest BCUT2D eigenvalue weighted by Gasteiger charge is 2.35. The lowest BCUT2D eigenvalue weighted by atomic mass is 9.99. The van der Waals surface area contributed by atoms with Gasteiger partial charge in [-0.15, -0.1) is 12.4 Å². The van der Waals surface area contributed by atoms with Crippen molar-refractivity contribution in [2.45, 2.75) is 51.7 Å². The van der Waals surface area contributed by atoms with Gasteiger partial charge in [-0.2, -0.15) is 0 Å². The molecular formula is C12H24ClNO5. The van der Waals surface area contributed by atoms with Crippen LogP contribution in [0.25, 0.3) is 0 Å². The maximum absolute atomic E-state index is 9.79. The highest BCUT2D eigenvalue weighted by atomic mass is 35.5. The van der Waals surface area contributed by atoms with Crippen LogP contribution < -0.4 is 0 Å². The van der Waals surface area contributed by atoms with Gasteiger partial charge in [-0.05, 0) is 27.4 Å². The topological polar surface area (TPSA) is 87.1 Å². The fourth-order valence-corrected chi connectivity index (χ4v) is 1.56. The van der Waals surface area contributed by atoms with Crippen molar-refractivity contribution in [3.05, 3.63) is 0 Å². The highest BCUT2D eigenvalue weighted by molar-refractivity contribution is 6.35. The number of rotatable bonds is 2. The molecule has 0 aromatic heterocycles. The van der Waals surface area contributed by atoms with Crippen LogP contribution in [0.4, 0.5) is 0 Å². The van der Waals surface area contributed by atoms with Crippen LogP contribution >= 0.6 is 12.4 Å². The second-order valence-electron chi connectivity index (χ2n) is 4.71. The van der Waals surface area contributed by atoms with E-state index in [-0.39, 0.29) is 36.1 Å². The number of likely N-dealkylation sites (N-methyl/N-ethyl adjacent to an activating group) is 1. The quantitative estimate of drug-likeness (QED) is 0.697. The van der Waals surface area contributed by atoms with Crippen LogP contribution in [0.2, 0.25) is 0 Å². The van der Waals surface area contributed by atoms with E-state index in [0.29, 0.717) is 0 Å². The van der Waals surface area contributed by atoms with Crippen LogP contribution in [-0.4, -0.2) is 65.3 Å². The van der Waals surface area contributed by atoms with Gasteiger partial charge in [0, 0.05) is 19.9 Å². The second-order valence-corrected chi connectivity index (χ2v) is 4.71. The van der Waals surface area contributed by atoms with E-state index in [4.69, 9.17) is 4.74 Å². The molecule has 1 rings (SSSR count). The molecular weight excluding hydrogens is 274 g/mol. The number of aliphatic hydroxyl groups is 2. The maximum atomic E-state index is 9.79. The lowest BCUT2D eigenvalue weighted by Crippen LogP contribution is -2.53. The van der Waals surface area contributed by atoms with Crippen LogP contribution in [0.15, 0.2) is 0 Å². The summed E-state index contributed by atoms with van der Waals surface area (Å²) in [6.07, 6.45) is -1.07. The molecule has 6 nitrogen and oxygen atoms in total. The van der Waals surface area contributed by atoms with Crippen molar-refractivity contribution in [1.82, 2.24) is 4.90 Å². The average molecular weight is 298 g/mol. The van der Waals surface area contributed by atoms with E-state index in [9.17, 15) is 19.8 Å². The van der Waals surface area contributed by atoms with Gasteiger partial charge < -0.3 is 19.8 Å². The molecule has 1 aliphatic rings. The first-order valence-electron chi connectivity index (χ1n) is 5.86. The molecule has 0 unspecified atom stereocenters. The molecule has 1 fully saturated rings. The third-order valence-corrected chi connectivity index (χ3v) is 2.79. The Bertz CT molecular complexity index is 286. The Balaban J connectivity index is 0. The number of hydrogen-bond donors (Lipinski definition) is 2. The summed E-state index contributed by atoms with van der Waals surface area (Å²) in [6, 6.07) is -0.0104. The number of Topliss-reactive ketones (excluding diaryl/α,β-unsaturated/α-hetero) is 2. The molecule has 0 spiro atoms. The third-order valence-electron chi connectivity index (χ3n) is 2.79. The Morgan fingerprint density at radius 3 is 1.89 bits per heavy atom. The van der Waals surface area contributed by atoms with Gasteiger partial charge in [-0.25, -0.2) is 0 Å². The minimum absolute atomic E-state index is 0. The van der Waals surface area contributed by atoms with Crippen molar-refractivity contribution in [2.75, 3.05) is 14.1 Å². The van der Waals surface area contributed by atoms with E-state index in [0.717, 1.165) is 6.42 Å². The Morgan fingerprint density at radius 2 is 1.58 bits per heavy atom. The third kappa shape index (κ3) is 7.59. The van der Waals surface area contributed by atoms with Gasteiger partial charge in [-0.3, -0.25) is 9.59 Å². The predicted molar refractivity (Wildman–Crippen MR) is 73.3 cm³/mol. The highest BCUT2D eigenvalue weighted by Crippen LogP contribution is 2.21. The molecule has 0 bridgehead atoms.